The lowest BCUT2D eigenvalue weighted by molar-refractivity contribution is -0.115. The summed E-state index contributed by atoms with van der Waals surface area (Å²) < 4.78 is 43.1. The Labute approximate surface area is 490 Å². The van der Waals surface area contributed by atoms with Gasteiger partial charge in [0.2, 0.25) is 6.54 Å². The van der Waals surface area contributed by atoms with Gasteiger partial charge < -0.3 is 38.2 Å². The summed E-state index contributed by atoms with van der Waals surface area (Å²) in [6.07, 6.45) is 3.55. The van der Waals surface area contributed by atoms with Gasteiger partial charge in [-0.2, -0.15) is 0 Å². The van der Waals surface area contributed by atoms with E-state index in [9.17, 15) is 14.4 Å². The summed E-state index contributed by atoms with van der Waals surface area (Å²) in [5.41, 5.74) is 0.0922. The molecule has 83 heavy (non-hydrogen) atoms. The molecule has 1 aliphatic rings. The molecule has 3 aromatic carbocycles. The van der Waals surface area contributed by atoms with Crippen LogP contribution in [0.4, 0.5) is 0 Å². The van der Waals surface area contributed by atoms with E-state index in [4.69, 9.17) is 34.6 Å². The molecular weight excluding hydrogens is 1060 g/mol. The Morgan fingerprint density at radius 3 is 1.72 bits per heavy atom. The molecule has 15 heteroatoms. The lowest BCUT2D eigenvalue weighted by Gasteiger charge is -2.39. The summed E-state index contributed by atoms with van der Waals surface area (Å²) in [4.78, 5) is 44.7. The monoisotopic (exact) mass is 1130 g/mol. The number of methoxy groups -OCH3 is 2. The van der Waals surface area contributed by atoms with Crippen LogP contribution in [0, 0.1) is 131 Å². The molecular formula is C68H64N5O9P. The topological polar surface area (TPSA) is 147 Å². The molecule has 2 N–H and O–H groups in total. The first-order valence-corrected chi connectivity index (χ1v) is 28.0. The summed E-state index contributed by atoms with van der Waals surface area (Å²) in [6.45, 7) is 18.2. The number of benzene rings is 3. The van der Waals surface area contributed by atoms with Gasteiger partial charge in [-0.15, -0.1) is 0 Å². The molecule has 14 nitrogen and oxygen atoms in total. The molecule has 1 saturated heterocycles. The molecule has 5 rings (SSSR count). The van der Waals surface area contributed by atoms with E-state index < -0.39 is 55.6 Å². The molecule has 0 spiro atoms. The SMILES string of the molecule is [C-]#[N+]CCOP(O[C@@H]1C(CCCCCCCNC(=O)C#CC#CC#CC#CC#CC#CC#CC#CC#CC#CC)[C@H](n2ccc(=O)[nH]c2=O)O[C@@H]1COC(c1ccccc1)(c1ccc(OC)cc1)c1ccc(OC)cc1)N(C(C)C)C(C)C. The van der Waals surface area contributed by atoms with E-state index in [0.29, 0.717) is 24.5 Å². The number of hydrogen-bond acceptors (Lipinski definition) is 10. The maximum atomic E-state index is 13.8. The van der Waals surface area contributed by atoms with Crippen LogP contribution in [0.5, 0.6) is 11.5 Å². The maximum Gasteiger partial charge on any atom is 0.330 e. The number of unbranched alkanes of at least 4 members (excludes halogenated alkanes) is 4. The van der Waals surface area contributed by atoms with Gasteiger partial charge in [0.1, 0.15) is 42.1 Å². The first-order chi connectivity index (χ1) is 40.5. The normalized spacial score (nSPS) is 14.7. The first-order valence-electron chi connectivity index (χ1n) is 26.8. The van der Waals surface area contributed by atoms with E-state index in [-0.39, 0.29) is 31.8 Å². The van der Waals surface area contributed by atoms with Crippen molar-refractivity contribution in [2.45, 2.75) is 109 Å². The fourth-order valence-electron chi connectivity index (χ4n) is 8.89. The van der Waals surface area contributed by atoms with Gasteiger partial charge in [-0.1, -0.05) is 86.2 Å². The number of H-pyrrole nitrogens is 1. The summed E-state index contributed by atoms with van der Waals surface area (Å²) in [6, 6.07) is 26.7. The first kappa shape index (κ1) is 64.5. The molecule has 2 heterocycles. The quantitative estimate of drug-likeness (QED) is 0.0219. The van der Waals surface area contributed by atoms with Crippen LogP contribution in [0.1, 0.15) is 96.1 Å². The third-order valence-corrected chi connectivity index (χ3v) is 14.6. The maximum absolute atomic E-state index is 13.8. The average molecular weight is 1130 g/mol. The molecule has 0 radical (unpaired) electrons. The number of amides is 1. The molecule has 0 aliphatic carbocycles. The highest BCUT2D eigenvalue weighted by atomic mass is 31.2. The standard InChI is InChI=1S/C68H64N5O9P/c1-9-10-11-12-13-14-15-16-17-18-19-20-21-22-23-24-25-28-34-39-63(74)70-49-35-29-26-27-33-38-61-65(82-83(80-52-50-69-6)73(54(2)3)55(4)5)62(81-66(61)72-51-48-64(75)71-67(72)76)53-79-68(56-36-31-30-32-37-56,57-40-44-59(77-7)45-41-57)58-42-46-60(78-8)47-43-58/h30-32,36-37,40-48,51,54-55,61-62,65-66H,26-27,29,33,35,38,49-50,52-53H2,1-5,7-8H3,(H,70,74)(H,71,75,76)/t61?,62-,65-,66-,83?/m1/s1. The number of hydrogen-bond donors (Lipinski definition) is 2. The van der Waals surface area contributed by atoms with Crippen molar-refractivity contribution in [2.75, 3.05) is 40.5 Å². The van der Waals surface area contributed by atoms with Crippen molar-refractivity contribution in [3.8, 4) is 130 Å². The van der Waals surface area contributed by atoms with E-state index in [1.54, 1.807) is 21.1 Å². The minimum atomic E-state index is -1.81. The second-order valence-corrected chi connectivity index (χ2v) is 20.0. The zero-order chi connectivity index (χ0) is 59.5. The summed E-state index contributed by atoms with van der Waals surface area (Å²) in [7, 11) is 1.43. The fourth-order valence-corrected chi connectivity index (χ4v) is 10.7. The van der Waals surface area contributed by atoms with Crippen LogP contribution in [0.25, 0.3) is 4.85 Å². The Kier molecular flexibility index (Phi) is 28.1. The van der Waals surface area contributed by atoms with E-state index in [1.807, 2.05) is 78.9 Å². The van der Waals surface area contributed by atoms with Crippen molar-refractivity contribution >= 4 is 14.4 Å². The minimum absolute atomic E-state index is 0.00742. The van der Waals surface area contributed by atoms with Gasteiger partial charge >= 0.3 is 5.69 Å². The van der Waals surface area contributed by atoms with Gasteiger partial charge in [0.15, 0.2) is 0 Å². The number of carbonyl (C=O) groups excluding carboxylic acids is 1. The highest BCUT2D eigenvalue weighted by molar-refractivity contribution is 7.44. The van der Waals surface area contributed by atoms with Gasteiger partial charge in [0.05, 0.1) is 20.8 Å². The zero-order valence-electron chi connectivity index (χ0n) is 47.7. The fraction of sp³-hybridized carbons (Fsp3) is 0.353. The van der Waals surface area contributed by atoms with Crippen molar-refractivity contribution in [1.29, 1.82) is 0 Å². The molecule has 2 unspecified atom stereocenters. The summed E-state index contributed by atoms with van der Waals surface area (Å²) in [5.74, 6) is 51.1. The van der Waals surface area contributed by atoms with Crippen LogP contribution in [0.15, 0.2) is 101 Å². The second kappa shape index (κ2) is 36.2. The number of carbonyl (C=O) groups is 1. The highest BCUT2D eigenvalue weighted by Gasteiger charge is 2.50. The van der Waals surface area contributed by atoms with Crippen molar-refractivity contribution in [2.24, 2.45) is 5.92 Å². The van der Waals surface area contributed by atoms with E-state index in [0.717, 1.165) is 48.8 Å². The molecule has 5 atom stereocenters. The van der Waals surface area contributed by atoms with Crippen LogP contribution < -0.4 is 26.0 Å². The molecule has 0 bridgehead atoms. The Hall–Kier alpha value is -9.27. The zero-order valence-corrected chi connectivity index (χ0v) is 48.6. The summed E-state index contributed by atoms with van der Waals surface area (Å²) >= 11 is 0. The Morgan fingerprint density at radius 2 is 1.22 bits per heavy atom. The predicted molar refractivity (Wildman–Crippen MR) is 322 cm³/mol. The Balaban J connectivity index is 1.34. The van der Waals surface area contributed by atoms with Crippen molar-refractivity contribution in [1.82, 2.24) is 19.5 Å². The Bertz CT molecular complexity index is 3600. The number of nitrogens with zero attached hydrogens (tertiary/aromatic N) is 3. The van der Waals surface area contributed by atoms with Crippen molar-refractivity contribution in [3.05, 3.63) is 140 Å². The predicted octanol–water partition coefficient (Wildman–Crippen LogP) is 8.25. The van der Waals surface area contributed by atoms with Gasteiger partial charge in [-0.3, -0.25) is 19.1 Å². The lowest BCUT2D eigenvalue weighted by atomic mass is 9.80. The molecule has 420 valence electrons. The number of nitrogens with one attached hydrogen (secondary N) is 2. The molecule has 1 fully saturated rings. The third-order valence-electron chi connectivity index (χ3n) is 12.5. The molecule has 1 aromatic heterocycles. The van der Waals surface area contributed by atoms with Crippen LogP contribution >= 0.6 is 8.53 Å². The number of aromatic amines is 1. The van der Waals surface area contributed by atoms with E-state index >= 15 is 0 Å². The number of aromatic nitrogens is 2. The van der Waals surface area contributed by atoms with Crippen LogP contribution in [-0.4, -0.2) is 84.9 Å². The van der Waals surface area contributed by atoms with Gasteiger partial charge in [0, 0.05) is 54.6 Å². The smallest absolute Gasteiger partial charge is 0.330 e. The van der Waals surface area contributed by atoms with Gasteiger partial charge in [0.25, 0.3) is 20.0 Å². The largest absolute Gasteiger partial charge is 0.497 e. The van der Waals surface area contributed by atoms with Crippen molar-refractivity contribution < 1.29 is 32.8 Å². The Morgan fingerprint density at radius 1 is 0.711 bits per heavy atom. The highest BCUT2D eigenvalue weighted by Crippen LogP contribution is 2.53. The molecule has 0 saturated carbocycles. The van der Waals surface area contributed by atoms with Gasteiger partial charge in [-0.25, -0.2) is 16.0 Å². The average Bonchev–Trinajstić information content (AvgIpc) is 3.98. The van der Waals surface area contributed by atoms with E-state index in [1.165, 1.54) is 16.8 Å². The summed E-state index contributed by atoms with van der Waals surface area (Å²) in [5, 5.41) is 2.81. The van der Waals surface area contributed by atoms with Gasteiger partial charge in [-0.05, 0) is 183 Å². The van der Waals surface area contributed by atoms with Crippen LogP contribution in [0.3, 0.4) is 0 Å². The number of rotatable bonds is 25. The number of ether oxygens (including phenoxy) is 4. The minimum Gasteiger partial charge on any atom is -0.497 e. The van der Waals surface area contributed by atoms with Crippen molar-refractivity contribution in [3.63, 3.8) is 0 Å². The molecule has 1 amide bonds. The molecule has 4 aromatic rings. The lowest BCUT2D eigenvalue weighted by Crippen LogP contribution is -2.41. The van der Waals surface area contributed by atoms with E-state index in [2.05, 4.69) is 166 Å². The van der Waals surface area contributed by atoms with Crippen LogP contribution in [-0.2, 0) is 28.9 Å². The van der Waals surface area contributed by atoms with Crippen LogP contribution in [0.2, 0.25) is 0 Å². The molecule has 1 aliphatic heterocycles. The second-order valence-electron chi connectivity index (χ2n) is 18.6. The third kappa shape index (κ3) is 20.7.